The van der Waals surface area contributed by atoms with Gasteiger partial charge >= 0.3 is 0 Å². The number of carbonyl (C=O) groups excluding carboxylic acids is 1. The topological polar surface area (TPSA) is 88.7 Å². The minimum atomic E-state index is -0.566. The van der Waals surface area contributed by atoms with E-state index in [1.54, 1.807) is 25.1 Å². The zero-order chi connectivity index (χ0) is 13.5. The van der Waals surface area contributed by atoms with Crippen LogP contribution in [0.5, 0.6) is 0 Å². The van der Waals surface area contributed by atoms with E-state index in [2.05, 4.69) is 10.6 Å². The van der Waals surface area contributed by atoms with Crippen LogP contribution in [-0.2, 0) is 4.79 Å². The molecule has 0 saturated carbocycles. The number of rotatable bonds is 4. The van der Waals surface area contributed by atoms with E-state index < -0.39 is 6.04 Å². The molecule has 0 spiro atoms. The molecule has 0 saturated heterocycles. The summed E-state index contributed by atoms with van der Waals surface area (Å²) in [6.07, 6.45) is 0. The Bertz CT molecular complexity index is 530. The third-order valence-electron chi connectivity index (χ3n) is 2.23. The van der Waals surface area contributed by atoms with Gasteiger partial charge in [0.1, 0.15) is 18.7 Å². The van der Waals surface area contributed by atoms with Crippen LogP contribution in [0.25, 0.3) is 0 Å². The molecule has 0 aliphatic carbocycles. The average molecular weight is 263 g/mol. The highest BCUT2D eigenvalue weighted by atomic mass is 35.5. The lowest BCUT2D eigenvalue weighted by molar-refractivity contribution is -0.121. The highest BCUT2D eigenvalue weighted by Crippen LogP contribution is 2.23. The predicted octanol–water partition coefficient (Wildman–Crippen LogP) is 1.65. The summed E-state index contributed by atoms with van der Waals surface area (Å²) in [6, 6.07) is 8.18. The zero-order valence-corrected chi connectivity index (χ0v) is 10.5. The molecule has 0 aromatic heterocycles. The summed E-state index contributed by atoms with van der Waals surface area (Å²) < 4.78 is 0. The van der Waals surface area contributed by atoms with E-state index in [-0.39, 0.29) is 12.5 Å². The summed E-state index contributed by atoms with van der Waals surface area (Å²) >= 11 is 5.87. The number of amides is 1. The summed E-state index contributed by atoms with van der Waals surface area (Å²) in [7, 11) is 0. The van der Waals surface area contributed by atoms with Crippen LogP contribution in [0.15, 0.2) is 18.2 Å². The maximum Gasteiger partial charge on any atom is 0.243 e. The first-order valence-electron chi connectivity index (χ1n) is 5.20. The second kappa shape index (κ2) is 6.48. The molecule has 0 aliphatic heterocycles. The van der Waals surface area contributed by atoms with Gasteiger partial charge in [-0.05, 0) is 19.1 Å². The summed E-state index contributed by atoms with van der Waals surface area (Å²) in [4.78, 5) is 11.6. The van der Waals surface area contributed by atoms with Gasteiger partial charge in [-0.2, -0.15) is 10.5 Å². The van der Waals surface area contributed by atoms with Crippen molar-refractivity contribution in [1.29, 1.82) is 10.5 Å². The number of nitriles is 2. The van der Waals surface area contributed by atoms with E-state index in [0.717, 1.165) is 0 Å². The molecule has 1 aromatic rings. The fourth-order valence-corrected chi connectivity index (χ4v) is 1.55. The Hall–Kier alpha value is -2.24. The van der Waals surface area contributed by atoms with Crippen LogP contribution in [0, 0.1) is 22.7 Å². The fourth-order valence-electron chi connectivity index (χ4n) is 1.34. The van der Waals surface area contributed by atoms with Crippen molar-refractivity contribution in [1.82, 2.24) is 5.32 Å². The van der Waals surface area contributed by atoms with E-state index in [4.69, 9.17) is 22.1 Å². The van der Waals surface area contributed by atoms with Crippen molar-refractivity contribution in [2.75, 3.05) is 11.9 Å². The summed E-state index contributed by atoms with van der Waals surface area (Å²) in [5.74, 6) is -0.319. The predicted molar refractivity (Wildman–Crippen MR) is 67.9 cm³/mol. The maximum absolute atomic E-state index is 11.6. The van der Waals surface area contributed by atoms with Crippen molar-refractivity contribution in [2.45, 2.75) is 13.0 Å². The van der Waals surface area contributed by atoms with Crippen molar-refractivity contribution >= 4 is 23.2 Å². The highest BCUT2D eigenvalue weighted by molar-refractivity contribution is 6.32. The lowest BCUT2D eigenvalue weighted by atomic mass is 10.1. The Morgan fingerprint density at radius 1 is 1.50 bits per heavy atom. The summed E-state index contributed by atoms with van der Waals surface area (Å²) in [5, 5.41) is 23.0. The molecule has 0 radical (unpaired) electrons. The Morgan fingerprint density at radius 2 is 2.22 bits per heavy atom. The minimum Gasteiger partial charge on any atom is -0.373 e. The van der Waals surface area contributed by atoms with E-state index in [1.807, 2.05) is 12.1 Å². The smallest absolute Gasteiger partial charge is 0.243 e. The first-order valence-corrected chi connectivity index (χ1v) is 5.57. The lowest BCUT2D eigenvalue weighted by Crippen LogP contribution is -2.37. The van der Waals surface area contributed by atoms with Gasteiger partial charge in [-0.1, -0.05) is 17.7 Å². The second-order valence-corrected chi connectivity index (χ2v) is 3.92. The van der Waals surface area contributed by atoms with Crippen LogP contribution >= 0.6 is 11.6 Å². The molecule has 5 nitrogen and oxygen atoms in total. The lowest BCUT2D eigenvalue weighted by Gasteiger charge is -2.15. The Morgan fingerprint density at radius 3 is 2.83 bits per heavy atom. The highest BCUT2D eigenvalue weighted by Gasteiger charge is 2.14. The number of nitrogens with zero attached hydrogens (tertiary/aromatic N) is 2. The summed E-state index contributed by atoms with van der Waals surface area (Å²) in [5.41, 5.74) is 0.781. The average Bonchev–Trinajstić information content (AvgIpc) is 2.36. The number of hydrogen-bond acceptors (Lipinski definition) is 4. The van der Waals surface area contributed by atoms with Crippen molar-refractivity contribution in [3.8, 4) is 12.1 Å². The molecule has 2 N–H and O–H groups in total. The quantitative estimate of drug-likeness (QED) is 0.808. The van der Waals surface area contributed by atoms with Gasteiger partial charge in [0.25, 0.3) is 0 Å². The van der Waals surface area contributed by atoms with E-state index in [1.165, 1.54) is 0 Å². The number of nitrogens with one attached hydrogen (secondary N) is 2. The van der Waals surface area contributed by atoms with Gasteiger partial charge in [0, 0.05) is 0 Å². The van der Waals surface area contributed by atoms with Gasteiger partial charge in [-0.25, -0.2) is 0 Å². The molecule has 92 valence electrons. The Balaban J connectivity index is 2.80. The minimum absolute atomic E-state index is 0.0501. The number of benzene rings is 1. The number of halogens is 1. The SMILES string of the molecule is CC(Nc1cccc(Cl)c1C#N)C(=O)NCC#N. The molecule has 0 heterocycles. The molecular weight excluding hydrogens is 252 g/mol. The number of anilines is 1. The molecule has 6 heteroatoms. The van der Waals surface area contributed by atoms with E-state index in [0.29, 0.717) is 16.3 Å². The number of hydrogen-bond donors (Lipinski definition) is 2. The molecule has 0 fully saturated rings. The number of carbonyl (C=O) groups is 1. The monoisotopic (exact) mass is 262 g/mol. The summed E-state index contributed by atoms with van der Waals surface area (Å²) in [6.45, 7) is 1.58. The zero-order valence-electron chi connectivity index (χ0n) is 9.70. The van der Waals surface area contributed by atoms with Crippen LogP contribution in [-0.4, -0.2) is 18.5 Å². The van der Waals surface area contributed by atoms with Crippen LogP contribution in [0.2, 0.25) is 5.02 Å². The molecule has 1 atom stereocenters. The van der Waals surface area contributed by atoms with Gasteiger partial charge in [-0.15, -0.1) is 0 Å². The van der Waals surface area contributed by atoms with Crippen LogP contribution in [0.4, 0.5) is 5.69 Å². The van der Waals surface area contributed by atoms with Gasteiger partial charge in [0.2, 0.25) is 5.91 Å². The Kier molecular flexibility index (Phi) is 4.98. The van der Waals surface area contributed by atoms with Crippen LogP contribution in [0.3, 0.4) is 0 Å². The first kappa shape index (κ1) is 13.8. The van der Waals surface area contributed by atoms with E-state index in [9.17, 15) is 4.79 Å². The molecule has 0 aliphatic rings. The maximum atomic E-state index is 11.6. The third kappa shape index (κ3) is 3.38. The molecular formula is C12H11ClN4O. The van der Waals surface area contributed by atoms with Crippen molar-refractivity contribution in [3.05, 3.63) is 28.8 Å². The second-order valence-electron chi connectivity index (χ2n) is 3.52. The fraction of sp³-hybridized carbons (Fsp3) is 0.250. The van der Waals surface area contributed by atoms with Crippen LogP contribution in [0.1, 0.15) is 12.5 Å². The molecule has 1 rings (SSSR count). The van der Waals surface area contributed by atoms with Crippen molar-refractivity contribution in [3.63, 3.8) is 0 Å². The van der Waals surface area contributed by atoms with Crippen molar-refractivity contribution < 1.29 is 4.79 Å². The molecule has 18 heavy (non-hydrogen) atoms. The van der Waals surface area contributed by atoms with Gasteiger partial charge in [0.15, 0.2) is 0 Å². The van der Waals surface area contributed by atoms with Crippen LogP contribution < -0.4 is 10.6 Å². The molecule has 1 aromatic carbocycles. The molecule has 0 bridgehead atoms. The Labute approximate surface area is 110 Å². The normalized spacial score (nSPS) is 10.9. The van der Waals surface area contributed by atoms with E-state index >= 15 is 0 Å². The van der Waals surface area contributed by atoms with Crippen molar-refractivity contribution in [2.24, 2.45) is 0 Å². The molecule has 1 unspecified atom stereocenters. The first-order chi connectivity index (χ1) is 8.60. The largest absolute Gasteiger partial charge is 0.373 e. The molecule has 1 amide bonds. The van der Waals surface area contributed by atoms with Gasteiger partial charge < -0.3 is 10.6 Å². The van der Waals surface area contributed by atoms with Gasteiger partial charge in [-0.3, -0.25) is 4.79 Å². The van der Waals surface area contributed by atoms with Gasteiger partial charge in [0.05, 0.1) is 22.3 Å². The third-order valence-corrected chi connectivity index (χ3v) is 2.55. The standard InChI is InChI=1S/C12H11ClN4O/c1-8(12(18)16-6-5-14)17-11-4-2-3-10(13)9(11)7-15/h2-4,8,17H,6H2,1H3,(H,16,18).